The van der Waals surface area contributed by atoms with Crippen molar-refractivity contribution in [2.24, 2.45) is 11.0 Å². The second-order valence-electron chi connectivity index (χ2n) is 5.92. The van der Waals surface area contributed by atoms with Crippen LogP contribution in [0.2, 0.25) is 0 Å². The predicted octanol–water partition coefficient (Wildman–Crippen LogP) is 2.66. The second kappa shape index (κ2) is 8.56. The van der Waals surface area contributed by atoms with Crippen LogP contribution in [-0.2, 0) is 4.79 Å². The molecular formula is C18H18N4O5. The van der Waals surface area contributed by atoms with E-state index in [2.05, 4.69) is 15.8 Å². The summed E-state index contributed by atoms with van der Waals surface area (Å²) in [4.78, 5) is 33.8. The summed E-state index contributed by atoms with van der Waals surface area (Å²) in [5.41, 5.74) is 3.02. The molecule has 0 spiro atoms. The maximum Gasteiger partial charge on any atom is 0.271 e. The quantitative estimate of drug-likeness (QED) is 0.408. The summed E-state index contributed by atoms with van der Waals surface area (Å²) in [6, 6.07) is 9.68. The first-order valence-electron chi connectivity index (χ1n) is 7.99. The Bertz CT molecular complexity index is 891. The molecule has 0 aliphatic heterocycles. The molecule has 0 aliphatic carbocycles. The van der Waals surface area contributed by atoms with Gasteiger partial charge in [-0.1, -0.05) is 13.8 Å². The third-order valence-corrected chi connectivity index (χ3v) is 3.53. The number of nitrogens with one attached hydrogen (secondary N) is 2. The standard InChI is InChI=1S/C18H18N4O5/c1-11(2)17(24)20-14-5-3-12(4-6-14)18(25)21-19-10-13-9-15(22(26)27)7-8-16(13)23/h3-11,23H,1-2H3,(H,20,24)(H,21,25). The number of carbonyl (C=O) groups excluding carboxylic acids is 2. The highest BCUT2D eigenvalue weighted by atomic mass is 16.6. The van der Waals surface area contributed by atoms with Gasteiger partial charge in [0, 0.05) is 34.9 Å². The lowest BCUT2D eigenvalue weighted by Gasteiger charge is -2.08. The summed E-state index contributed by atoms with van der Waals surface area (Å²) in [6.07, 6.45) is 1.11. The Hall–Kier alpha value is -3.75. The number of hydrogen-bond acceptors (Lipinski definition) is 6. The molecule has 2 amide bonds. The van der Waals surface area contributed by atoms with Gasteiger partial charge in [0.1, 0.15) is 5.75 Å². The van der Waals surface area contributed by atoms with Gasteiger partial charge in [-0.25, -0.2) is 5.43 Å². The number of nitro benzene ring substituents is 1. The van der Waals surface area contributed by atoms with Gasteiger partial charge in [0.2, 0.25) is 5.91 Å². The van der Waals surface area contributed by atoms with Crippen molar-refractivity contribution in [1.82, 2.24) is 5.43 Å². The van der Waals surface area contributed by atoms with Crippen molar-refractivity contribution < 1.29 is 19.6 Å². The van der Waals surface area contributed by atoms with E-state index in [1.165, 1.54) is 18.2 Å². The van der Waals surface area contributed by atoms with Crippen LogP contribution in [0.4, 0.5) is 11.4 Å². The first-order valence-corrected chi connectivity index (χ1v) is 7.99. The number of phenols is 1. The molecule has 0 radical (unpaired) electrons. The van der Waals surface area contributed by atoms with E-state index in [-0.39, 0.29) is 28.8 Å². The maximum atomic E-state index is 12.1. The van der Waals surface area contributed by atoms with Gasteiger partial charge < -0.3 is 10.4 Å². The number of benzene rings is 2. The van der Waals surface area contributed by atoms with Gasteiger partial charge in [0.15, 0.2) is 0 Å². The lowest BCUT2D eigenvalue weighted by molar-refractivity contribution is -0.384. The van der Waals surface area contributed by atoms with Crippen LogP contribution in [0, 0.1) is 16.0 Å². The van der Waals surface area contributed by atoms with E-state index >= 15 is 0 Å². The molecule has 0 atom stereocenters. The molecule has 0 saturated heterocycles. The first kappa shape index (κ1) is 19.6. The molecule has 0 unspecified atom stereocenters. The summed E-state index contributed by atoms with van der Waals surface area (Å²) in [7, 11) is 0. The lowest BCUT2D eigenvalue weighted by atomic mass is 10.1. The normalized spacial score (nSPS) is 10.8. The number of amides is 2. The van der Waals surface area contributed by atoms with E-state index in [4.69, 9.17) is 0 Å². The van der Waals surface area contributed by atoms with Crippen LogP contribution in [0.3, 0.4) is 0 Å². The van der Waals surface area contributed by atoms with E-state index in [9.17, 15) is 24.8 Å². The molecule has 0 aliphatic rings. The van der Waals surface area contributed by atoms with Crippen LogP contribution in [0.1, 0.15) is 29.8 Å². The third kappa shape index (κ3) is 5.36. The zero-order valence-corrected chi connectivity index (χ0v) is 14.7. The summed E-state index contributed by atoms with van der Waals surface area (Å²) < 4.78 is 0. The third-order valence-electron chi connectivity index (χ3n) is 3.53. The Morgan fingerprint density at radius 1 is 1.19 bits per heavy atom. The monoisotopic (exact) mass is 370 g/mol. The summed E-state index contributed by atoms with van der Waals surface area (Å²) in [5, 5.41) is 26.8. The fraction of sp³-hybridized carbons (Fsp3) is 0.167. The molecule has 2 rings (SSSR count). The number of carbonyl (C=O) groups is 2. The van der Waals surface area contributed by atoms with Crippen molar-refractivity contribution in [1.29, 1.82) is 0 Å². The second-order valence-corrected chi connectivity index (χ2v) is 5.92. The molecule has 27 heavy (non-hydrogen) atoms. The van der Waals surface area contributed by atoms with Crippen molar-refractivity contribution >= 4 is 29.4 Å². The average Bonchev–Trinajstić information content (AvgIpc) is 2.63. The number of phenolic OH excluding ortho intramolecular Hbond substituents is 1. The topological polar surface area (TPSA) is 134 Å². The molecule has 0 aromatic heterocycles. The molecule has 140 valence electrons. The van der Waals surface area contributed by atoms with Gasteiger partial charge in [-0.15, -0.1) is 0 Å². The van der Waals surface area contributed by atoms with Crippen molar-refractivity contribution in [3.8, 4) is 5.75 Å². The smallest absolute Gasteiger partial charge is 0.271 e. The van der Waals surface area contributed by atoms with Crippen LogP contribution < -0.4 is 10.7 Å². The number of non-ortho nitro benzene ring substituents is 1. The van der Waals surface area contributed by atoms with E-state index in [1.807, 2.05) is 0 Å². The van der Waals surface area contributed by atoms with Gasteiger partial charge in [-0.2, -0.15) is 5.10 Å². The summed E-state index contributed by atoms with van der Waals surface area (Å²) >= 11 is 0. The van der Waals surface area contributed by atoms with Crippen LogP contribution in [-0.4, -0.2) is 28.1 Å². The minimum Gasteiger partial charge on any atom is -0.507 e. The van der Waals surface area contributed by atoms with Crippen LogP contribution >= 0.6 is 0 Å². The van der Waals surface area contributed by atoms with Gasteiger partial charge in [-0.3, -0.25) is 19.7 Å². The molecule has 9 heteroatoms. The Kier molecular flexibility index (Phi) is 6.21. The minimum atomic E-state index is -0.602. The number of aromatic hydroxyl groups is 1. The van der Waals surface area contributed by atoms with Crippen molar-refractivity contribution in [2.75, 3.05) is 5.32 Å². The summed E-state index contributed by atoms with van der Waals surface area (Å²) in [5.74, 6) is -1.01. The Morgan fingerprint density at radius 3 is 2.44 bits per heavy atom. The molecular weight excluding hydrogens is 352 g/mol. The molecule has 9 nitrogen and oxygen atoms in total. The van der Waals surface area contributed by atoms with Crippen molar-refractivity contribution in [3.05, 3.63) is 63.7 Å². The van der Waals surface area contributed by atoms with Crippen LogP contribution in [0.5, 0.6) is 5.75 Å². The van der Waals surface area contributed by atoms with Gasteiger partial charge in [-0.05, 0) is 30.3 Å². The maximum absolute atomic E-state index is 12.1. The molecule has 0 heterocycles. The fourth-order valence-corrected chi connectivity index (χ4v) is 1.98. The lowest BCUT2D eigenvalue weighted by Crippen LogP contribution is -2.19. The van der Waals surface area contributed by atoms with Crippen molar-refractivity contribution in [2.45, 2.75) is 13.8 Å². The number of hydrazone groups is 1. The molecule has 0 bridgehead atoms. The zero-order valence-electron chi connectivity index (χ0n) is 14.7. The number of nitrogens with zero attached hydrogens (tertiary/aromatic N) is 2. The van der Waals surface area contributed by atoms with E-state index in [1.54, 1.807) is 26.0 Å². The summed E-state index contributed by atoms with van der Waals surface area (Å²) in [6.45, 7) is 3.54. The average molecular weight is 370 g/mol. The molecule has 3 N–H and O–H groups in total. The van der Waals surface area contributed by atoms with Gasteiger partial charge in [0.25, 0.3) is 11.6 Å². The first-order chi connectivity index (χ1) is 12.8. The number of nitro groups is 1. The highest BCUT2D eigenvalue weighted by Gasteiger charge is 2.10. The van der Waals surface area contributed by atoms with Crippen molar-refractivity contribution in [3.63, 3.8) is 0 Å². The van der Waals surface area contributed by atoms with Crippen LogP contribution in [0.15, 0.2) is 47.6 Å². The van der Waals surface area contributed by atoms with E-state index in [0.29, 0.717) is 11.3 Å². The molecule has 0 fully saturated rings. The Balaban J connectivity index is 2.01. The predicted molar refractivity (Wildman–Crippen MR) is 99.7 cm³/mol. The Morgan fingerprint density at radius 2 is 1.85 bits per heavy atom. The molecule has 2 aromatic carbocycles. The zero-order chi connectivity index (χ0) is 20.0. The number of anilines is 1. The molecule has 0 saturated carbocycles. The SMILES string of the molecule is CC(C)C(=O)Nc1ccc(C(=O)NN=Cc2cc([N+](=O)[O-])ccc2O)cc1. The largest absolute Gasteiger partial charge is 0.507 e. The highest BCUT2D eigenvalue weighted by Crippen LogP contribution is 2.21. The van der Waals surface area contributed by atoms with Crippen LogP contribution in [0.25, 0.3) is 0 Å². The highest BCUT2D eigenvalue weighted by molar-refractivity contribution is 5.96. The fourth-order valence-electron chi connectivity index (χ4n) is 1.98. The number of rotatable bonds is 6. The van der Waals surface area contributed by atoms with E-state index in [0.717, 1.165) is 18.3 Å². The van der Waals surface area contributed by atoms with Gasteiger partial charge in [0.05, 0.1) is 11.1 Å². The van der Waals surface area contributed by atoms with Gasteiger partial charge >= 0.3 is 0 Å². The Labute approximate surface area is 154 Å². The number of hydrogen-bond donors (Lipinski definition) is 3. The molecule has 2 aromatic rings. The minimum absolute atomic E-state index is 0.0937. The van der Waals surface area contributed by atoms with E-state index < -0.39 is 10.8 Å².